The molecule has 0 unspecified atom stereocenters. The molecule has 3 heterocycles. The summed E-state index contributed by atoms with van der Waals surface area (Å²) in [7, 11) is 0. The number of aryl methyl sites for hydroxylation is 1. The minimum atomic E-state index is -1.20. The number of carboxylic acid groups (broad SMARTS) is 1. The van der Waals surface area contributed by atoms with Crippen molar-refractivity contribution in [2.75, 3.05) is 11.4 Å². The second-order valence-corrected chi connectivity index (χ2v) is 10.2. The molecular formula is C27H28N2O5. The molecule has 1 N–H and O–H groups in total. The number of aromatic carboxylic acids is 1. The number of ether oxygens (including phenoxy) is 1. The normalized spacial score (nSPS) is 15.5. The SMILES string of the molecule is Cc1c(-c2ccc3c(c2)CCN3C(=O)OC(C)(C)C)ccn2c(=O)c(C(=O)O)cc(C3CC3)c12. The van der Waals surface area contributed by atoms with E-state index in [0.29, 0.717) is 6.54 Å². The maximum atomic E-state index is 12.9. The molecule has 2 aromatic heterocycles. The first-order valence-corrected chi connectivity index (χ1v) is 11.6. The predicted molar refractivity (Wildman–Crippen MR) is 130 cm³/mol. The van der Waals surface area contributed by atoms with E-state index in [9.17, 15) is 19.5 Å². The number of carbonyl (C=O) groups excluding carboxylic acids is 1. The Morgan fingerprint density at radius 3 is 2.50 bits per heavy atom. The van der Waals surface area contributed by atoms with E-state index < -0.39 is 17.1 Å². The van der Waals surface area contributed by atoms with Crippen LogP contribution in [0.25, 0.3) is 16.6 Å². The lowest BCUT2D eigenvalue weighted by Crippen LogP contribution is -2.35. The molecule has 0 saturated heterocycles. The van der Waals surface area contributed by atoms with Crippen LogP contribution in [0.5, 0.6) is 0 Å². The first kappa shape index (κ1) is 22.2. The molecule has 1 saturated carbocycles. The third-order valence-corrected chi connectivity index (χ3v) is 6.56. The van der Waals surface area contributed by atoms with E-state index in [-0.39, 0.29) is 17.6 Å². The summed E-state index contributed by atoms with van der Waals surface area (Å²) in [5, 5.41) is 9.52. The molecule has 0 spiro atoms. The number of rotatable bonds is 3. The average molecular weight is 461 g/mol. The number of fused-ring (bicyclic) bond motifs is 2. The van der Waals surface area contributed by atoms with Gasteiger partial charge < -0.3 is 9.84 Å². The predicted octanol–water partition coefficient (Wildman–Crippen LogP) is 5.15. The van der Waals surface area contributed by atoms with Crippen molar-refractivity contribution >= 4 is 23.3 Å². The van der Waals surface area contributed by atoms with Gasteiger partial charge in [-0.3, -0.25) is 14.1 Å². The van der Waals surface area contributed by atoms with Crippen LogP contribution >= 0.6 is 0 Å². The summed E-state index contributed by atoms with van der Waals surface area (Å²) in [5.41, 5.74) is 5.33. The number of aromatic nitrogens is 1. The lowest BCUT2D eigenvalue weighted by atomic mass is 9.95. The first-order valence-electron chi connectivity index (χ1n) is 11.6. The minimum absolute atomic E-state index is 0.189. The maximum absolute atomic E-state index is 12.9. The van der Waals surface area contributed by atoms with Crippen LogP contribution in [-0.4, -0.2) is 33.7 Å². The van der Waals surface area contributed by atoms with Gasteiger partial charge in [0.1, 0.15) is 11.2 Å². The third-order valence-electron chi connectivity index (χ3n) is 6.56. The first-order chi connectivity index (χ1) is 16.0. The Morgan fingerprint density at radius 2 is 1.85 bits per heavy atom. The molecule has 0 atom stereocenters. The van der Waals surface area contributed by atoms with E-state index in [1.54, 1.807) is 17.2 Å². The van der Waals surface area contributed by atoms with Crippen molar-refractivity contribution < 1.29 is 19.4 Å². The summed E-state index contributed by atoms with van der Waals surface area (Å²) in [6, 6.07) is 9.47. The van der Waals surface area contributed by atoms with Gasteiger partial charge in [-0.15, -0.1) is 0 Å². The number of nitrogens with zero attached hydrogens (tertiary/aromatic N) is 2. The van der Waals surface area contributed by atoms with Crippen LogP contribution < -0.4 is 10.5 Å². The fraction of sp³-hybridized carbons (Fsp3) is 0.370. The quantitative estimate of drug-likeness (QED) is 0.584. The number of carbonyl (C=O) groups is 2. The summed E-state index contributed by atoms with van der Waals surface area (Å²) >= 11 is 0. The molecular weight excluding hydrogens is 432 g/mol. The molecule has 7 nitrogen and oxygen atoms in total. The molecule has 1 amide bonds. The molecule has 1 aromatic carbocycles. The van der Waals surface area contributed by atoms with Crippen LogP contribution in [0.15, 0.2) is 41.3 Å². The van der Waals surface area contributed by atoms with Crippen molar-refractivity contribution in [3.05, 3.63) is 69.1 Å². The van der Waals surface area contributed by atoms with Gasteiger partial charge in [-0.25, -0.2) is 9.59 Å². The molecule has 1 aliphatic carbocycles. The van der Waals surface area contributed by atoms with Gasteiger partial charge in [0.2, 0.25) is 0 Å². The van der Waals surface area contributed by atoms with Gasteiger partial charge in [0.15, 0.2) is 0 Å². The highest BCUT2D eigenvalue weighted by atomic mass is 16.6. The molecule has 0 radical (unpaired) electrons. The van der Waals surface area contributed by atoms with E-state index in [1.165, 1.54) is 4.40 Å². The standard InChI is InChI=1S/C27H28N2O5/c1-15-19(10-12-29-23(15)20(16-5-6-16)14-21(24(29)30)25(31)32)17-7-8-22-18(13-17)9-11-28(22)26(33)34-27(2,3)4/h7-8,10,12-14,16H,5-6,9,11H2,1-4H3,(H,31,32). The van der Waals surface area contributed by atoms with E-state index in [2.05, 4.69) is 6.07 Å². The number of hydrogen-bond acceptors (Lipinski definition) is 4. The molecule has 5 rings (SSSR count). The highest BCUT2D eigenvalue weighted by molar-refractivity contribution is 5.92. The van der Waals surface area contributed by atoms with E-state index >= 15 is 0 Å². The van der Waals surface area contributed by atoms with Crippen molar-refractivity contribution in [2.45, 2.75) is 58.5 Å². The van der Waals surface area contributed by atoms with Gasteiger partial charge in [-0.1, -0.05) is 6.07 Å². The zero-order chi connectivity index (χ0) is 24.4. The summed E-state index contributed by atoms with van der Waals surface area (Å²) in [5.74, 6) is -0.916. The summed E-state index contributed by atoms with van der Waals surface area (Å²) in [4.78, 5) is 38.8. The molecule has 7 heteroatoms. The Balaban J connectivity index is 1.59. The number of anilines is 1. The zero-order valence-corrected chi connectivity index (χ0v) is 19.8. The number of amides is 1. The van der Waals surface area contributed by atoms with Crippen LogP contribution in [0.4, 0.5) is 10.5 Å². The highest BCUT2D eigenvalue weighted by Crippen LogP contribution is 2.44. The average Bonchev–Trinajstić information content (AvgIpc) is 3.51. The fourth-order valence-corrected chi connectivity index (χ4v) is 4.84. The van der Waals surface area contributed by atoms with Gasteiger partial charge in [0, 0.05) is 12.7 Å². The molecule has 176 valence electrons. The van der Waals surface area contributed by atoms with Crippen molar-refractivity contribution in [3.63, 3.8) is 0 Å². The van der Waals surface area contributed by atoms with Gasteiger partial charge >= 0.3 is 12.1 Å². The highest BCUT2D eigenvalue weighted by Gasteiger charge is 2.31. The van der Waals surface area contributed by atoms with Crippen LogP contribution in [0.1, 0.15) is 66.6 Å². The Kier molecular flexibility index (Phi) is 5.04. The van der Waals surface area contributed by atoms with Crippen LogP contribution in [0.2, 0.25) is 0 Å². The Morgan fingerprint density at radius 1 is 1.12 bits per heavy atom. The van der Waals surface area contributed by atoms with Crippen molar-refractivity contribution in [1.29, 1.82) is 0 Å². The van der Waals surface area contributed by atoms with Gasteiger partial charge in [0.05, 0.1) is 11.2 Å². The number of benzene rings is 1. The molecule has 1 fully saturated rings. The largest absolute Gasteiger partial charge is 0.477 e. The fourth-order valence-electron chi connectivity index (χ4n) is 4.84. The molecule has 3 aromatic rings. The number of hydrogen-bond donors (Lipinski definition) is 1. The zero-order valence-electron chi connectivity index (χ0n) is 19.8. The second-order valence-electron chi connectivity index (χ2n) is 10.2. The smallest absolute Gasteiger partial charge is 0.414 e. The van der Waals surface area contributed by atoms with Crippen LogP contribution in [-0.2, 0) is 11.2 Å². The van der Waals surface area contributed by atoms with E-state index in [4.69, 9.17) is 4.74 Å². The topological polar surface area (TPSA) is 88.3 Å². The van der Waals surface area contributed by atoms with Crippen LogP contribution in [0.3, 0.4) is 0 Å². The summed E-state index contributed by atoms with van der Waals surface area (Å²) in [6.07, 6.45) is 4.07. The third kappa shape index (κ3) is 3.75. The molecule has 1 aliphatic heterocycles. The van der Waals surface area contributed by atoms with Gasteiger partial charge in [-0.05, 0) is 105 Å². The van der Waals surface area contributed by atoms with E-state index in [1.807, 2.05) is 45.9 Å². The van der Waals surface area contributed by atoms with Crippen molar-refractivity contribution in [3.8, 4) is 11.1 Å². The Hall–Kier alpha value is -3.61. The Labute approximate surface area is 197 Å². The molecule has 34 heavy (non-hydrogen) atoms. The monoisotopic (exact) mass is 460 g/mol. The number of carboxylic acids is 1. The van der Waals surface area contributed by atoms with Crippen LogP contribution in [0, 0.1) is 6.92 Å². The van der Waals surface area contributed by atoms with E-state index in [0.717, 1.165) is 58.3 Å². The second kappa shape index (κ2) is 7.72. The van der Waals surface area contributed by atoms with Crippen molar-refractivity contribution in [1.82, 2.24) is 4.40 Å². The van der Waals surface area contributed by atoms with Gasteiger partial charge in [-0.2, -0.15) is 0 Å². The molecule has 2 aliphatic rings. The number of pyridine rings is 2. The lowest BCUT2D eigenvalue weighted by Gasteiger charge is -2.25. The minimum Gasteiger partial charge on any atom is -0.477 e. The summed E-state index contributed by atoms with van der Waals surface area (Å²) in [6.45, 7) is 8.12. The lowest BCUT2D eigenvalue weighted by molar-refractivity contribution is 0.0583. The van der Waals surface area contributed by atoms with Crippen molar-refractivity contribution in [2.24, 2.45) is 0 Å². The maximum Gasteiger partial charge on any atom is 0.414 e. The summed E-state index contributed by atoms with van der Waals surface area (Å²) < 4.78 is 7.03. The molecule has 0 bridgehead atoms. The van der Waals surface area contributed by atoms with Gasteiger partial charge in [0.25, 0.3) is 5.56 Å². The Bertz CT molecular complexity index is 1410.